The fourth-order valence-corrected chi connectivity index (χ4v) is 3.13. The molecule has 0 aliphatic heterocycles. The predicted molar refractivity (Wildman–Crippen MR) is 100 cm³/mol. The van der Waals surface area contributed by atoms with Crippen molar-refractivity contribution in [2.45, 2.75) is 4.90 Å². The molecule has 0 atom stereocenters. The van der Waals surface area contributed by atoms with Crippen molar-refractivity contribution < 1.29 is 8.81 Å². The number of halogens is 2. The Hall–Kier alpha value is -2.50. The molecule has 0 aliphatic carbocycles. The average Bonchev–Trinajstić information content (AvgIpc) is 3.05. The zero-order valence-electron chi connectivity index (χ0n) is 12.9. The predicted octanol–water partition coefficient (Wildman–Crippen LogP) is 6.41. The lowest BCUT2D eigenvalue weighted by atomic mass is 10.2. The fourth-order valence-electron chi connectivity index (χ4n) is 2.32. The number of fused-ring (bicyclic) bond motifs is 1. The second kappa shape index (κ2) is 6.78. The molecule has 124 valence electrons. The fraction of sp³-hybridized carbons (Fsp3) is 0. The highest BCUT2D eigenvalue weighted by Crippen LogP contribution is 2.28. The van der Waals surface area contributed by atoms with Gasteiger partial charge >= 0.3 is 0 Å². The standard InChI is InChI=1S/C19H12ClFN2OS/c20-13-3-10-17-18(11-13)24-19(22-17)12-1-6-15(7-2-12)23-25-16-8-4-14(21)5-9-16/h1-11,23H. The van der Waals surface area contributed by atoms with Crippen molar-refractivity contribution in [3.63, 3.8) is 0 Å². The van der Waals surface area contributed by atoms with Crippen LogP contribution in [0.3, 0.4) is 0 Å². The van der Waals surface area contributed by atoms with Gasteiger partial charge in [-0.2, -0.15) is 0 Å². The van der Waals surface area contributed by atoms with Gasteiger partial charge in [0.05, 0.1) is 0 Å². The number of rotatable bonds is 4. The molecule has 4 rings (SSSR count). The number of nitrogens with zero attached hydrogens (tertiary/aromatic N) is 1. The van der Waals surface area contributed by atoms with E-state index in [-0.39, 0.29) is 5.82 Å². The Balaban J connectivity index is 1.49. The highest BCUT2D eigenvalue weighted by atomic mass is 35.5. The molecule has 0 saturated heterocycles. The molecule has 1 N–H and O–H groups in total. The number of anilines is 1. The summed E-state index contributed by atoms with van der Waals surface area (Å²) in [6.07, 6.45) is 0. The van der Waals surface area contributed by atoms with Crippen LogP contribution in [-0.4, -0.2) is 4.98 Å². The maximum atomic E-state index is 12.9. The maximum Gasteiger partial charge on any atom is 0.227 e. The third kappa shape index (κ3) is 3.62. The summed E-state index contributed by atoms with van der Waals surface area (Å²) < 4.78 is 21.9. The normalized spacial score (nSPS) is 11.0. The van der Waals surface area contributed by atoms with Crippen LogP contribution in [0.15, 0.2) is 76.0 Å². The third-order valence-corrected chi connectivity index (χ3v) is 4.66. The highest BCUT2D eigenvalue weighted by molar-refractivity contribution is 8.00. The van der Waals surface area contributed by atoms with E-state index in [1.807, 2.05) is 30.3 Å². The second-order valence-corrected chi connectivity index (χ2v) is 6.68. The van der Waals surface area contributed by atoms with E-state index in [0.29, 0.717) is 16.5 Å². The second-order valence-electron chi connectivity index (χ2n) is 5.37. The molecule has 3 nitrogen and oxygen atoms in total. The van der Waals surface area contributed by atoms with Gasteiger partial charge in [-0.15, -0.1) is 0 Å². The van der Waals surface area contributed by atoms with Gasteiger partial charge in [-0.05, 0) is 72.6 Å². The largest absolute Gasteiger partial charge is 0.436 e. The highest BCUT2D eigenvalue weighted by Gasteiger charge is 2.08. The van der Waals surface area contributed by atoms with Crippen molar-refractivity contribution in [1.82, 2.24) is 4.98 Å². The Kier molecular flexibility index (Phi) is 4.34. The van der Waals surface area contributed by atoms with Crippen molar-refractivity contribution in [3.05, 3.63) is 77.6 Å². The van der Waals surface area contributed by atoms with E-state index in [1.54, 1.807) is 24.3 Å². The van der Waals surface area contributed by atoms with E-state index in [1.165, 1.54) is 24.1 Å². The molecule has 0 amide bonds. The number of benzene rings is 3. The molecule has 6 heteroatoms. The molecule has 25 heavy (non-hydrogen) atoms. The van der Waals surface area contributed by atoms with Gasteiger partial charge in [0.2, 0.25) is 5.89 Å². The first-order chi connectivity index (χ1) is 12.2. The lowest BCUT2D eigenvalue weighted by molar-refractivity contribution is 0.620. The van der Waals surface area contributed by atoms with Crippen LogP contribution in [-0.2, 0) is 0 Å². The van der Waals surface area contributed by atoms with Crippen molar-refractivity contribution >= 4 is 40.3 Å². The van der Waals surface area contributed by atoms with E-state index in [9.17, 15) is 4.39 Å². The minimum absolute atomic E-state index is 0.242. The molecule has 4 aromatic rings. The van der Waals surface area contributed by atoms with Gasteiger partial charge in [0.25, 0.3) is 0 Å². The van der Waals surface area contributed by atoms with Crippen molar-refractivity contribution in [2.75, 3.05) is 4.72 Å². The molecular weight excluding hydrogens is 359 g/mol. The number of hydrogen-bond donors (Lipinski definition) is 1. The average molecular weight is 371 g/mol. The van der Waals surface area contributed by atoms with Crippen LogP contribution in [0, 0.1) is 5.82 Å². The van der Waals surface area contributed by atoms with Gasteiger partial charge in [0.1, 0.15) is 11.3 Å². The summed E-state index contributed by atoms with van der Waals surface area (Å²) in [7, 11) is 0. The smallest absolute Gasteiger partial charge is 0.227 e. The summed E-state index contributed by atoms with van der Waals surface area (Å²) in [6, 6.07) is 19.4. The van der Waals surface area contributed by atoms with Crippen LogP contribution >= 0.6 is 23.5 Å². The summed E-state index contributed by atoms with van der Waals surface area (Å²) in [6.45, 7) is 0. The molecule has 0 radical (unpaired) electrons. The lowest BCUT2D eigenvalue weighted by Crippen LogP contribution is -1.87. The molecule has 0 bridgehead atoms. The first-order valence-corrected chi connectivity index (χ1v) is 8.72. The summed E-state index contributed by atoms with van der Waals surface area (Å²) in [5.41, 5.74) is 3.24. The van der Waals surface area contributed by atoms with Crippen molar-refractivity contribution in [2.24, 2.45) is 0 Å². The van der Waals surface area contributed by atoms with E-state index < -0.39 is 0 Å². The van der Waals surface area contributed by atoms with Crippen LogP contribution in [0.25, 0.3) is 22.6 Å². The summed E-state index contributed by atoms with van der Waals surface area (Å²) in [5.74, 6) is 0.309. The molecular formula is C19H12ClFN2OS. The van der Waals surface area contributed by atoms with E-state index in [2.05, 4.69) is 9.71 Å². The Morgan fingerprint density at radius 3 is 2.48 bits per heavy atom. The van der Waals surface area contributed by atoms with Crippen LogP contribution < -0.4 is 4.72 Å². The molecule has 1 heterocycles. The zero-order valence-corrected chi connectivity index (χ0v) is 14.4. The summed E-state index contributed by atoms with van der Waals surface area (Å²) in [5, 5.41) is 0.618. The van der Waals surface area contributed by atoms with Gasteiger partial charge in [-0.3, -0.25) is 0 Å². The molecule has 0 saturated carbocycles. The minimum atomic E-state index is -0.242. The summed E-state index contributed by atoms with van der Waals surface area (Å²) in [4.78, 5) is 5.40. The molecule has 0 spiro atoms. The first-order valence-electron chi connectivity index (χ1n) is 7.52. The van der Waals surface area contributed by atoms with Gasteiger partial charge in [-0.1, -0.05) is 11.6 Å². The van der Waals surface area contributed by atoms with Crippen LogP contribution in [0.1, 0.15) is 0 Å². The lowest BCUT2D eigenvalue weighted by Gasteiger charge is -2.05. The number of aromatic nitrogens is 1. The SMILES string of the molecule is Fc1ccc(SNc2ccc(-c3nc4ccc(Cl)cc4o3)cc2)cc1. The van der Waals surface area contributed by atoms with Gasteiger partial charge in [-0.25, -0.2) is 9.37 Å². The van der Waals surface area contributed by atoms with E-state index in [0.717, 1.165) is 21.7 Å². The monoisotopic (exact) mass is 370 g/mol. The van der Waals surface area contributed by atoms with E-state index >= 15 is 0 Å². The summed E-state index contributed by atoms with van der Waals surface area (Å²) >= 11 is 7.39. The van der Waals surface area contributed by atoms with E-state index in [4.69, 9.17) is 16.0 Å². The quantitative estimate of drug-likeness (QED) is 0.421. The number of oxazole rings is 1. The maximum absolute atomic E-state index is 12.9. The topological polar surface area (TPSA) is 38.1 Å². The van der Waals surface area contributed by atoms with Crippen LogP contribution in [0.2, 0.25) is 5.02 Å². The Morgan fingerprint density at radius 1 is 0.960 bits per heavy atom. The molecule has 0 aliphatic rings. The van der Waals surface area contributed by atoms with Crippen LogP contribution in [0.4, 0.5) is 10.1 Å². The third-order valence-electron chi connectivity index (χ3n) is 3.58. The Labute approximate surface area is 153 Å². The zero-order chi connectivity index (χ0) is 17.2. The van der Waals surface area contributed by atoms with Crippen molar-refractivity contribution in [1.29, 1.82) is 0 Å². The molecule has 1 aromatic heterocycles. The minimum Gasteiger partial charge on any atom is -0.436 e. The van der Waals surface area contributed by atoms with Crippen LogP contribution in [0.5, 0.6) is 0 Å². The number of hydrogen-bond acceptors (Lipinski definition) is 4. The van der Waals surface area contributed by atoms with Gasteiger partial charge in [0, 0.05) is 27.2 Å². The molecule has 0 fully saturated rings. The molecule has 0 unspecified atom stereocenters. The van der Waals surface area contributed by atoms with Crippen molar-refractivity contribution in [3.8, 4) is 11.5 Å². The Bertz CT molecular complexity index is 1020. The Morgan fingerprint density at radius 2 is 1.72 bits per heavy atom. The first kappa shape index (κ1) is 16.0. The number of nitrogens with one attached hydrogen (secondary N) is 1. The van der Waals surface area contributed by atoms with Gasteiger partial charge < -0.3 is 9.14 Å². The molecule has 3 aromatic carbocycles. The van der Waals surface area contributed by atoms with Gasteiger partial charge in [0.15, 0.2) is 5.58 Å².